The molecule has 1 N–H and O–H groups in total. The number of halogens is 2. The first kappa shape index (κ1) is 31.7. The zero-order chi connectivity index (χ0) is 32.5. The van der Waals surface area contributed by atoms with Crippen LogP contribution in [0.15, 0.2) is 24.7 Å². The van der Waals surface area contributed by atoms with Gasteiger partial charge in [-0.05, 0) is 51.6 Å². The molecule has 2 bridgehead atoms. The molecule has 3 aromatic rings. The maximum absolute atomic E-state index is 14.1. The lowest BCUT2D eigenvalue weighted by molar-refractivity contribution is 0.0450. The predicted molar refractivity (Wildman–Crippen MR) is 168 cm³/mol. The molecule has 4 saturated heterocycles. The molecule has 0 saturated carbocycles. The van der Waals surface area contributed by atoms with Gasteiger partial charge in [-0.3, -0.25) is 14.4 Å². The number of aromatic nitrogens is 5. The monoisotopic (exact) mass is 656 g/mol. The van der Waals surface area contributed by atoms with Gasteiger partial charge < -0.3 is 29.5 Å². The second kappa shape index (κ2) is 13.7. The molecule has 14 nitrogen and oxygen atoms in total. The van der Waals surface area contributed by atoms with Crippen LogP contribution in [0.5, 0.6) is 0 Å². The summed E-state index contributed by atoms with van der Waals surface area (Å²) in [7, 11) is 1.93. The number of amides is 2. The summed E-state index contributed by atoms with van der Waals surface area (Å²) >= 11 is 0. The molecule has 4 aliphatic heterocycles. The quantitative estimate of drug-likeness (QED) is 0.325. The molecule has 254 valence electrons. The molecule has 4 aliphatic rings. The van der Waals surface area contributed by atoms with Crippen molar-refractivity contribution >= 4 is 29.2 Å². The number of likely N-dealkylation sites (tertiary alicyclic amines) is 2. The summed E-state index contributed by atoms with van der Waals surface area (Å²) < 4.78 is 42.4. The van der Waals surface area contributed by atoms with E-state index in [0.717, 1.165) is 90.2 Å². The van der Waals surface area contributed by atoms with Crippen LogP contribution in [-0.4, -0.2) is 129 Å². The van der Waals surface area contributed by atoms with Crippen molar-refractivity contribution in [1.29, 1.82) is 0 Å². The van der Waals surface area contributed by atoms with Crippen LogP contribution in [-0.2, 0) is 9.47 Å². The van der Waals surface area contributed by atoms with Gasteiger partial charge in [-0.25, -0.2) is 23.1 Å². The number of carbonyl (C=O) groups is 2. The van der Waals surface area contributed by atoms with E-state index in [1.807, 2.05) is 18.0 Å². The number of rotatable bonds is 10. The lowest BCUT2D eigenvalue weighted by Gasteiger charge is -2.33. The number of alkyl halides is 2. The van der Waals surface area contributed by atoms with Gasteiger partial charge in [-0.1, -0.05) is 0 Å². The number of nitrogens with zero attached hydrogens (tertiary/aromatic N) is 9. The average Bonchev–Trinajstić information content (AvgIpc) is 3.90. The van der Waals surface area contributed by atoms with E-state index in [1.54, 1.807) is 15.8 Å². The van der Waals surface area contributed by atoms with E-state index in [2.05, 4.69) is 25.3 Å². The number of hydrogen-bond acceptors (Lipinski definition) is 10. The third-order valence-electron chi connectivity index (χ3n) is 9.76. The first-order valence-corrected chi connectivity index (χ1v) is 16.6. The van der Waals surface area contributed by atoms with Crippen molar-refractivity contribution in [3.8, 4) is 0 Å². The molecule has 4 fully saturated rings. The summed E-state index contributed by atoms with van der Waals surface area (Å²) in [5, 5.41) is 11.1. The van der Waals surface area contributed by atoms with Crippen LogP contribution in [0.25, 0.3) is 5.65 Å². The molecule has 0 aliphatic carbocycles. The minimum Gasteiger partial charge on any atom is -0.433 e. The smallest absolute Gasteiger partial charge is 0.411 e. The van der Waals surface area contributed by atoms with E-state index >= 15 is 0 Å². The van der Waals surface area contributed by atoms with Crippen LogP contribution in [0.4, 0.5) is 25.1 Å². The zero-order valence-electron chi connectivity index (χ0n) is 26.6. The summed E-state index contributed by atoms with van der Waals surface area (Å²) in [6.45, 7) is 6.25. The molecule has 47 heavy (non-hydrogen) atoms. The third-order valence-corrected chi connectivity index (χ3v) is 9.76. The molecule has 0 radical (unpaired) electrons. The molecule has 2 amide bonds. The number of nitrogens with one attached hydrogen (secondary N) is 1. The molecule has 0 aromatic carbocycles. The van der Waals surface area contributed by atoms with Crippen LogP contribution in [0, 0.1) is 0 Å². The van der Waals surface area contributed by atoms with E-state index in [4.69, 9.17) is 14.5 Å². The first-order chi connectivity index (χ1) is 22.8. The topological polar surface area (TPSA) is 126 Å². The van der Waals surface area contributed by atoms with Gasteiger partial charge in [-0.2, -0.15) is 10.2 Å². The number of anilines is 2. The minimum absolute atomic E-state index is 0.0161. The Morgan fingerprint density at radius 1 is 1.15 bits per heavy atom. The van der Waals surface area contributed by atoms with Crippen molar-refractivity contribution in [3.05, 3.63) is 35.9 Å². The Labute approximate surface area is 271 Å². The second-order valence-corrected chi connectivity index (χ2v) is 13.0. The number of morpholine rings is 1. The van der Waals surface area contributed by atoms with Gasteiger partial charge in [0, 0.05) is 58.2 Å². The minimum atomic E-state index is -2.85. The third kappa shape index (κ3) is 6.90. The summed E-state index contributed by atoms with van der Waals surface area (Å²) in [6.07, 6.45) is 7.37. The van der Waals surface area contributed by atoms with Gasteiger partial charge in [0.05, 0.1) is 36.7 Å². The fraction of sp³-hybridized carbons (Fsp3) is 0.645. The Balaban J connectivity index is 0.931. The number of hydrogen-bond donors (Lipinski definition) is 1. The van der Waals surface area contributed by atoms with Crippen LogP contribution < -0.4 is 10.2 Å². The molecule has 3 aromatic heterocycles. The second-order valence-electron chi connectivity index (χ2n) is 13.0. The van der Waals surface area contributed by atoms with Crippen molar-refractivity contribution in [2.45, 2.75) is 63.1 Å². The zero-order valence-corrected chi connectivity index (χ0v) is 26.6. The largest absolute Gasteiger partial charge is 0.433 e. The highest BCUT2D eigenvalue weighted by molar-refractivity contribution is 6.08. The summed E-state index contributed by atoms with van der Waals surface area (Å²) in [5.74, 6) is 0.163. The molecule has 7 rings (SSSR count). The summed E-state index contributed by atoms with van der Waals surface area (Å²) in [4.78, 5) is 38.6. The Morgan fingerprint density at radius 3 is 2.68 bits per heavy atom. The molecule has 0 unspecified atom stereocenters. The van der Waals surface area contributed by atoms with Crippen molar-refractivity contribution in [2.75, 3.05) is 76.4 Å². The average molecular weight is 657 g/mol. The van der Waals surface area contributed by atoms with Gasteiger partial charge in [0.2, 0.25) is 0 Å². The molecular weight excluding hydrogens is 614 g/mol. The summed E-state index contributed by atoms with van der Waals surface area (Å²) in [6, 6.07) is 2.04. The number of fused-ring (bicyclic) bond motifs is 3. The highest BCUT2D eigenvalue weighted by atomic mass is 19.3. The Bertz CT molecular complexity index is 1570. The van der Waals surface area contributed by atoms with Crippen molar-refractivity contribution in [3.63, 3.8) is 0 Å². The lowest BCUT2D eigenvalue weighted by Crippen LogP contribution is -2.41. The maximum Gasteiger partial charge on any atom is 0.411 e. The maximum atomic E-state index is 14.1. The van der Waals surface area contributed by atoms with Crippen LogP contribution >= 0.6 is 0 Å². The normalized spacial score (nSPS) is 22.2. The SMILES string of the molecule is CN(CCN1CCC(n2cc(NC(=O)c3cnn4ccc(N5C[C@H]6C[C@@H]5CO6)nc34)c(C(F)F)n2)CC1)COC(=O)N1CCCCC1. The van der Waals surface area contributed by atoms with E-state index in [1.165, 1.54) is 16.9 Å². The van der Waals surface area contributed by atoms with E-state index in [9.17, 15) is 18.4 Å². The fourth-order valence-electron chi connectivity index (χ4n) is 7.02. The number of carbonyl (C=O) groups excluding carboxylic acids is 2. The van der Waals surface area contributed by atoms with Crippen LogP contribution in [0.2, 0.25) is 0 Å². The van der Waals surface area contributed by atoms with Crippen molar-refractivity contribution < 1.29 is 27.8 Å². The van der Waals surface area contributed by atoms with Crippen LogP contribution in [0.3, 0.4) is 0 Å². The van der Waals surface area contributed by atoms with E-state index in [0.29, 0.717) is 12.3 Å². The van der Waals surface area contributed by atoms with Crippen molar-refractivity contribution in [1.82, 2.24) is 39.1 Å². The molecule has 16 heteroatoms. The number of piperidine rings is 2. The van der Waals surface area contributed by atoms with Crippen molar-refractivity contribution in [2.24, 2.45) is 0 Å². The highest BCUT2D eigenvalue weighted by Crippen LogP contribution is 2.33. The molecule has 7 heterocycles. The molecule has 2 atom stereocenters. The Kier molecular flexibility index (Phi) is 9.23. The molecular formula is C31H42F2N10O4. The Morgan fingerprint density at radius 2 is 1.96 bits per heavy atom. The van der Waals surface area contributed by atoms with Crippen LogP contribution in [0.1, 0.15) is 67.0 Å². The number of ether oxygens (including phenoxy) is 2. The van der Waals surface area contributed by atoms with Gasteiger partial charge in [0.1, 0.15) is 18.1 Å². The fourth-order valence-corrected chi connectivity index (χ4v) is 7.02. The van der Waals surface area contributed by atoms with Gasteiger partial charge in [0.15, 0.2) is 11.3 Å². The predicted octanol–water partition coefficient (Wildman–Crippen LogP) is 3.24. The first-order valence-electron chi connectivity index (χ1n) is 16.6. The molecule has 0 spiro atoms. The van der Waals surface area contributed by atoms with E-state index < -0.39 is 18.0 Å². The van der Waals surface area contributed by atoms with E-state index in [-0.39, 0.29) is 42.3 Å². The standard InChI is InChI=1S/C31H42F2N10O4/c1-38(20-47-31(45)40-8-3-2-4-9-40)13-14-39-10-5-21(6-11-39)43-18-25(27(37-43)28(32)33)35-30(44)24-16-34-42-12-7-26(36-29(24)42)41-17-23-15-22(41)19-46-23/h7,12,16,18,21-23,28H,2-6,8-11,13-15,17,19-20H2,1H3,(H,35,44)/t22-,23-/m1/s1. The van der Waals surface area contributed by atoms with Gasteiger partial charge >= 0.3 is 6.09 Å². The Hall–Kier alpha value is -3.89. The lowest BCUT2D eigenvalue weighted by atomic mass is 10.1. The highest BCUT2D eigenvalue weighted by Gasteiger charge is 2.40. The van der Waals surface area contributed by atoms with Gasteiger partial charge in [-0.15, -0.1) is 0 Å². The number of likely N-dealkylation sites (N-methyl/N-ethyl adjacent to an activating group) is 1. The van der Waals surface area contributed by atoms with Gasteiger partial charge in [0.25, 0.3) is 12.3 Å². The summed E-state index contributed by atoms with van der Waals surface area (Å²) in [5.41, 5.74) is 0.0743.